The molecule has 5 nitrogen and oxygen atoms in total. The quantitative estimate of drug-likeness (QED) is 0.833. The van der Waals surface area contributed by atoms with Crippen LogP contribution < -0.4 is 10.6 Å². The first-order valence-corrected chi connectivity index (χ1v) is 7.02. The van der Waals surface area contributed by atoms with Gasteiger partial charge in [-0.2, -0.15) is 13.2 Å². The number of rotatable bonds is 4. The molecular formula is C13H22F3N3O2. The third-order valence-corrected chi connectivity index (χ3v) is 3.70. The average Bonchev–Trinajstić information content (AvgIpc) is 2.36. The van der Waals surface area contributed by atoms with Crippen LogP contribution in [0.1, 0.15) is 32.6 Å². The number of nitrogens with zero attached hydrogens (tertiary/aromatic N) is 1. The molecule has 0 aromatic carbocycles. The third-order valence-electron chi connectivity index (χ3n) is 3.70. The fourth-order valence-electron chi connectivity index (χ4n) is 2.43. The van der Waals surface area contributed by atoms with Gasteiger partial charge in [0.25, 0.3) is 0 Å². The molecule has 21 heavy (non-hydrogen) atoms. The van der Waals surface area contributed by atoms with Gasteiger partial charge in [-0.25, -0.2) is 4.79 Å². The number of hydrogen-bond acceptors (Lipinski definition) is 3. The first kappa shape index (κ1) is 17.7. The van der Waals surface area contributed by atoms with Crippen LogP contribution >= 0.6 is 0 Å². The Morgan fingerprint density at radius 2 is 1.76 bits per heavy atom. The van der Waals surface area contributed by atoms with Crippen LogP contribution in [0, 0.1) is 5.92 Å². The summed E-state index contributed by atoms with van der Waals surface area (Å²) < 4.78 is 35.7. The topological polar surface area (TPSA) is 61.4 Å². The molecule has 2 N–H and O–H groups in total. The monoisotopic (exact) mass is 309 g/mol. The van der Waals surface area contributed by atoms with E-state index in [1.165, 1.54) is 0 Å². The van der Waals surface area contributed by atoms with Gasteiger partial charge in [-0.3, -0.25) is 15.0 Å². The lowest BCUT2D eigenvalue weighted by atomic mass is 9.87. The van der Waals surface area contributed by atoms with Crippen molar-refractivity contribution in [3.63, 3.8) is 0 Å². The molecule has 1 rings (SSSR count). The van der Waals surface area contributed by atoms with Crippen molar-refractivity contribution < 1.29 is 22.8 Å². The predicted molar refractivity (Wildman–Crippen MR) is 71.6 cm³/mol. The molecule has 0 saturated heterocycles. The van der Waals surface area contributed by atoms with E-state index in [0.717, 1.165) is 25.7 Å². The Kier molecular flexibility index (Phi) is 6.44. The number of carbonyl (C=O) groups excluding carboxylic acids is 2. The fraction of sp³-hybridized carbons (Fsp3) is 0.846. The van der Waals surface area contributed by atoms with Crippen LogP contribution in [0.25, 0.3) is 0 Å². The van der Waals surface area contributed by atoms with E-state index in [9.17, 15) is 22.8 Å². The van der Waals surface area contributed by atoms with E-state index in [1.54, 1.807) is 12.4 Å². The van der Waals surface area contributed by atoms with E-state index in [0.29, 0.717) is 5.92 Å². The molecule has 0 aromatic heterocycles. The lowest BCUT2D eigenvalue weighted by molar-refractivity contribution is -0.125. The number of urea groups is 1. The third kappa shape index (κ3) is 7.31. The summed E-state index contributed by atoms with van der Waals surface area (Å²) in [5, 5.41) is 3.50. The largest absolute Gasteiger partial charge is 0.405 e. The molecule has 8 heteroatoms. The summed E-state index contributed by atoms with van der Waals surface area (Å²) in [6.45, 7) is 0.731. The fourth-order valence-corrected chi connectivity index (χ4v) is 2.43. The molecule has 1 saturated carbocycles. The number of amides is 3. The SMILES string of the molecule is CC1CCC(N(C)CC(=O)NC(=O)NCC(F)(F)F)CC1. The molecule has 3 amide bonds. The molecule has 0 heterocycles. The van der Waals surface area contributed by atoms with Crippen molar-refractivity contribution >= 4 is 11.9 Å². The van der Waals surface area contributed by atoms with E-state index >= 15 is 0 Å². The second-order valence-electron chi connectivity index (χ2n) is 5.67. The van der Waals surface area contributed by atoms with Crippen LogP contribution in [0.3, 0.4) is 0 Å². The van der Waals surface area contributed by atoms with Crippen LogP contribution in [0.5, 0.6) is 0 Å². The number of hydrogen-bond donors (Lipinski definition) is 2. The second kappa shape index (κ2) is 7.63. The first-order chi connectivity index (χ1) is 9.67. The summed E-state index contributed by atoms with van der Waals surface area (Å²) in [6.07, 6.45) is -0.308. The molecular weight excluding hydrogens is 287 g/mol. The molecule has 0 spiro atoms. The highest BCUT2D eigenvalue weighted by Crippen LogP contribution is 2.26. The van der Waals surface area contributed by atoms with Crippen molar-refractivity contribution in [1.29, 1.82) is 0 Å². The standard InChI is InChI=1S/C13H22F3N3O2/c1-9-3-5-10(6-4-9)19(2)7-11(20)18-12(21)17-8-13(14,15)16/h9-10H,3-8H2,1-2H3,(H2,17,18,20,21). The Balaban J connectivity index is 2.27. The maximum atomic E-state index is 11.9. The first-order valence-electron chi connectivity index (χ1n) is 7.02. The summed E-state index contributed by atoms with van der Waals surface area (Å²) in [4.78, 5) is 24.6. The summed E-state index contributed by atoms with van der Waals surface area (Å²) in [5.41, 5.74) is 0. The zero-order valence-corrected chi connectivity index (χ0v) is 12.3. The smallest absolute Gasteiger partial charge is 0.329 e. The minimum Gasteiger partial charge on any atom is -0.329 e. The van der Waals surface area contributed by atoms with Crippen molar-refractivity contribution in [1.82, 2.24) is 15.5 Å². The summed E-state index contributed by atoms with van der Waals surface area (Å²) in [6, 6.07) is -0.840. The van der Waals surface area contributed by atoms with Crippen molar-refractivity contribution in [2.24, 2.45) is 5.92 Å². The highest BCUT2D eigenvalue weighted by Gasteiger charge is 2.28. The lowest BCUT2D eigenvalue weighted by Crippen LogP contribution is -2.48. The summed E-state index contributed by atoms with van der Waals surface area (Å²) in [5.74, 6) is 0.0902. The zero-order valence-electron chi connectivity index (χ0n) is 12.3. The summed E-state index contributed by atoms with van der Waals surface area (Å²) in [7, 11) is 1.79. The maximum Gasteiger partial charge on any atom is 0.405 e. The average molecular weight is 309 g/mol. The highest BCUT2D eigenvalue weighted by molar-refractivity contribution is 5.95. The molecule has 0 radical (unpaired) electrons. The Morgan fingerprint density at radius 1 is 1.19 bits per heavy atom. The van der Waals surface area contributed by atoms with Gasteiger partial charge in [-0.1, -0.05) is 6.92 Å². The number of halogens is 3. The Morgan fingerprint density at radius 3 is 2.29 bits per heavy atom. The zero-order chi connectivity index (χ0) is 16.0. The molecule has 0 aromatic rings. The van der Waals surface area contributed by atoms with Gasteiger partial charge >= 0.3 is 12.2 Å². The van der Waals surface area contributed by atoms with Gasteiger partial charge in [0.1, 0.15) is 6.54 Å². The van der Waals surface area contributed by atoms with Crippen LogP contribution in [0.4, 0.5) is 18.0 Å². The highest BCUT2D eigenvalue weighted by atomic mass is 19.4. The van der Waals surface area contributed by atoms with Crippen molar-refractivity contribution in [2.75, 3.05) is 20.1 Å². The Bertz CT molecular complexity index is 366. The summed E-state index contributed by atoms with van der Waals surface area (Å²) >= 11 is 0. The van der Waals surface area contributed by atoms with Crippen LogP contribution in [0.15, 0.2) is 0 Å². The number of nitrogens with one attached hydrogen (secondary N) is 2. The molecule has 0 bridgehead atoms. The minimum absolute atomic E-state index is 0.00150. The van der Waals surface area contributed by atoms with Crippen LogP contribution in [-0.4, -0.2) is 49.2 Å². The minimum atomic E-state index is -4.49. The number of likely N-dealkylation sites (N-methyl/N-ethyl adjacent to an activating group) is 1. The number of carbonyl (C=O) groups is 2. The molecule has 1 fully saturated rings. The van der Waals surface area contributed by atoms with Crippen molar-refractivity contribution in [2.45, 2.75) is 44.8 Å². The van der Waals surface area contributed by atoms with Gasteiger partial charge in [0.2, 0.25) is 5.91 Å². The van der Waals surface area contributed by atoms with E-state index in [-0.39, 0.29) is 12.6 Å². The van der Waals surface area contributed by atoms with Crippen molar-refractivity contribution in [3.8, 4) is 0 Å². The molecule has 1 aliphatic rings. The van der Waals surface area contributed by atoms with Gasteiger partial charge in [0.05, 0.1) is 6.54 Å². The van der Waals surface area contributed by atoms with Crippen LogP contribution in [-0.2, 0) is 4.79 Å². The molecule has 0 unspecified atom stereocenters. The number of imide groups is 1. The van der Waals surface area contributed by atoms with Gasteiger partial charge in [-0.05, 0) is 38.6 Å². The lowest BCUT2D eigenvalue weighted by Gasteiger charge is -2.33. The molecule has 122 valence electrons. The van der Waals surface area contributed by atoms with Crippen LogP contribution in [0.2, 0.25) is 0 Å². The molecule has 1 aliphatic carbocycles. The van der Waals surface area contributed by atoms with Gasteiger partial charge in [0.15, 0.2) is 0 Å². The van der Waals surface area contributed by atoms with Gasteiger partial charge in [-0.15, -0.1) is 0 Å². The normalized spacial score (nSPS) is 23.0. The second-order valence-corrected chi connectivity index (χ2v) is 5.67. The van der Waals surface area contributed by atoms with Crippen molar-refractivity contribution in [3.05, 3.63) is 0 Å². The predicted octanol–water partition coefficient (Wildman–Crippen LogP) is 1.88. The van der Waals surface area contributed by atoms with E-state index in [1.807, 2.05) is 10.2 Å². The van der Waals surface area contributed by atoms with E-state index in [2.05, 4.69) is 6.92 Å². The Hall–Kier alpha value is -1.31. The molecule has 0 atom stereocenters. The Labute approximate surface area is 122 Å². The van der Waals surface area contributed by atoms with E-state index in [4.69, 9.17) is 0 Å². The number of alkyl halides is 3. The van der Waals surface area contributed by atoms with Gasteiger partial charge in [0, 0.05) is 6.04 Å². The molecule has 0 aliphatic heterocycles. The van der Waals surface area contributed by atoms with E-state index < -0.39 is 24.7 Å². The van der Waals surface area contributed by atoms with Gasteiger partial charge < -0.3 is 5.32 Å². The maximum absolute atomic E-state index is 11.9.